The Bertz CT molecular complexity index is 813. The number of piperidine rings is 1. The van der Waals surface area contributed by atoms with Crippen LogP contribution in [0.5, 0.6) is 0 Å². The molecular weight excluding hydrogens is 342 g/mol. The molecule has 0 radical (unpaired) electrons. The highest BCUT2D eigenvalue weighted by Gasteiger charge is 2.57. The second-order valence-electron chi connectivity index (χ2n) is 7.73. The largest absolute Gasteiger partial charge is 0.463 e. The van der Waals surface area contributed by atoms with E-state index in [1.807, 2.05) is 50.3 Å². The molecule has 142 valence electrons. The van der Waals surface area contributed by atoms with E-state index in [4.69, 9.17) is 9.47 Å². The number of rotatable bonds is 2. The third-order valence-corrected chi connectivity index (χ3v) is 6.15. The summed E-state index contributed by atoms with van der Waals surface area (Å²) in [7, 11) is 0. The van der Waals surface area contributed by atoms with Crippen LogP contribution >= 0.6 is 0 Å². The third-order valence-electron chi connectivity index (χ3n) is 6.15. The van der Waals surface area contributed by atoms with Gasteiger partial charge in [0.1, 0.15) is 13.2 Å². The minimum absolute atomic E-state index is 0.0308. The van der Waals surface area contributed by atoms with E-state index in [9.17, 15) is 9.59 Å². The smallest absolute Gasteiger partial charge is 0.411 e. The molecule has 1 aromatic rings. The van der Waals surface area contributed by atoms with Crippen LogP contribution in [0.3, 0.4) is 0 Å². The van der Waals surface area contributed by atoms with Gasteiger partial charge in [-0.2, -0.15) is 0 Å². The van der Waals surface area contributed by atoms with Crippen LogP contribution in [0.25, 0.3) is 0 Å². The van der Waals surface area contributed by atoms with E-state index >= 15 is 0 Å². The van der Waals surface area contributed by atoms with Gasteiger partial charge in [0, 0.05) is 12.5 Å². The fourth-order valence-corrected chi connectivity index (χ4v) is 4.71. The van der Waals surface area contributed by atoms with Crippen molar-refractivity contribution >= 4 is 12.1 Å². The molecule has 0 saturated carbocycles. The van der Waals surface area contributed by atoms with Crippen molar-refractivity contribution in [2.75, 3.05) is 13.2 Å². The van der Waals surface area contributed by atoms with Crippen LogP contribution in [0.2, 0.25) is 0 Å². The number of hydrogen-bond acceptors (Lipinski definition) is 4. The lowest BCUT2D eigenvalue weighted by atomic mass is 9.62. The SMILES string of the molecule is C/C=C1\CN(C(=O)OCc2ccccc2)[C@]2(C)COC(=O)[C@@H]3CCC=C1[C@@H]32. The van der Waals surface area contributed by atoms with Crippen molar-refractivity contribution in [1.29, 1.82) is 0 Å². The molecule has 3 aliphatic rings. The molecule has 2 aliphatic heterocycles. The highest BCUT2D eigenvalue weighted by Crippen LogP contribution is 2.50. The van der Waals surface area contributed by atoms with Gasteiger partial charge >= 0.3 is 12.1 Å². The molecule has 2 fully saturated rings. The molecule has 2 saturated heterocycles. The van der Waals surface area contributed by atoms with E-state index < -0.39 is 5.54 Å². The van der Waals surface area contributed by atoms with Crippen molar-refractivity contribution in [3.05, 3.63) is 59.2 Å². The summed E-state index contributed by atoms with van der Waals surface area (Å²) in [5, 5.41) is 0. The quantitative estimate of drug-likeness (QED) is 0.745. The molecule has 5 heteroatoms. The first kappa shape index (κ1) is 17.8. The average molecular weight is 367 g/mol. The number of ether oxygens (including phenoxy) is 2. The summed E-state index contributed by atoms with van der Waals surface area (Å²) < 4.78 is 11.1. The van der Waals surface area contributed by atoms with Crippen molar-refractivity contribution in [3.63, 3.8) is 0 Å². The van der Waals surface area contributed by atoms with Crippen LogP contribution in [0.1, 0.15) is 32.3 Å². The maximum atomic E-state index is 13.0. The Labute approximate surface area is 159 Å². The molecule has 1 aromatic carbocycles. The topological polar surface area (TPSA) is 55.8 Å². The Hall–Kier alpha value is -2.56. The average Bonchev–Trinajstić information content (AvgIpc) is 2.70. The molecule has 0 bridgehead atoms. The molecular formula is C22H25NO4. The van der Waals surface area contributed by atoms with Gasteiger partial charge in [0.05, 0.1) is 11.5 Å². The molecule has 5 nitrogen and oxygen atoms in total. The Balaban J connectivity index is 1.62. The predicted molar refractivity (Wildman–Crippen MR) is 101 cm³/mol. The molecule has 3 atom stereocenters. The van der Waals surface area contributed by atoms with E-state index in [-0.39, 0.29) is 37.1 Å². The molecule has 1 amide bonds. The van der Waals surface area contributed by atoms with Crippen LogP contribution < -0.4 is 0 Å². The number of carbonyl (C=O) groups is 2. The highest BCUT2D eigenvalue weighted by atomic mass is 16.6. The molecule has 0 aromatic heterocycles. The monoisotopic (exact) mass is 367 g/mol. The van der Waals surface area contributed by atoms with E-state index in [0.717, 1.165) is 24.0 Å². The van der Waals surface area contributed by atoms with Crippen molar-refractivity contribution in [1.82, 2.24) is 4.90 Å². The number of carbonyl (C=O) groups excluding carboxylic acids is 2. The second kappa shape index (κ2) is 6.87. The number of cyclic esters (lactones) is 1. The van der Waals surface area contributed by atoms with Gasteiger partial charge in [0.25, 0.3) is 0 Å². The van der Waals surface area contributed by atoms with Crippen molar-refractivity contribution < 1.29 is 19.1 Å². The number of hydrogen-bond donors (Lipinski definition) is 0. The Morgan fingerprint density at radius 3 is 2.89 bits per heavy atom. The van der Waals surface area contributed by atoms with Gasteiger partial charge in [0.2, 0.25) is 0 Å². The van der Waals surface area contributed by atoms with E-state index in [2.05, 4.69) is 6.08 Å². The van der Waals surface area contributed by atoms with E-state index in [0.29, 0.717) is 6.54 Å². The Kier molecular flexibility index (Phi) is 4.54. The fourth-order valence-electron chi connectivity index (χ4n) is 4.71. The minimum Gasteiger partial charge on any atom is -0.463 e. The third kappa shape index (κ3) is 2.95. The fraction of sp³-hybridized carbons (Fsp3) is 0.455. The molecule has 0 N–H and O–H groups in total. The summed E-state index contributed by atoms with van der Waals surface area (Å²) in [6.07, 6.45) is 5.57. The Morgan fingerprint density at radius 2 is 2.15 bits per heavy atom. The van der Waals surface area contributed by atoms with Gasteiger partial charge in [-0.05, 0) is 43.4 Å². The van der Waals surface area contributed by atoms with Crippen LogP contribution in [0.15, 0.2) is 53.6 Å². The summed E-state index contributed by atoms with van der Waals surface area (Å²) >= 11 is 0. The van der Waals surface area contributed by atoms with Gasteiger partial charge in [-0.3, -0.25) is 9.69 Å². The maximum absolute atomic E-state index is 13.0. The summed E-state index contributed by atoms with van der Waals surface area (Å²) in [6.45, 7) is 4.92. The standard InChI is InChI=1S/C22H25NO4/c1-3-16-12-23(21(25)26-13-15-8-5-4-6-9-15)22(2)14-27-20(24)18-11-7-10-17(16)19(18)22/h3-6,8-10,18-19H,7,11-14H2,1-2H3/b16-3+/t18-,19+,22-/m1/s1. The second-order valence-corrected chi connectivity index (χ2v) is 7.73. The highest BCUT2D eigenvalue weighted by molar-refractivity contribution is 5.78. The molecule has 1 aliphatic carbocycles. The van der Waals surface area contributed by atoms with Crippen molar-refractivity contribution in [2.24, 2.45) is 11.8 Å². The number of nitrogens with zero attached hydrogens (tertiary/aromatic N) is 1. The number of amides is 1. The molecule has 0 unspecified atom stereocenters. The molecule has 4 rings (SSSR count). The van der Waals surface area contributed by atoms with Crippen LogP contribution in [-0.4, -0.2) is 35.7 Å². The van der Waals surface area contributed by atoms with E-state index in [1.54, 1.807) is 4.90 Å². The number of esters is 1. The summed E-state index contributed by atoms with van der Waals surface area (Å²) in [4.78, 5) is 27.2. The maximum Gasteiger partial charge on any atom is 0.411 e. The van der Waals surface area contributed by atoms with Gasteiger partial charge in [0.15, 0.2) is 0 Å². The number of benzene rings is 1. The van der Waals surface area contributed by atoms with Crippen LogP contribution in [-0.2, 0) is 20.9 Å². The van der Waals surface area contributed by atoms with Crippen molar-refractivity contribution in [3.8, 4) is 0 Å². The van der Waals surface area contributed by atoms with Crippen LogP contribution in [0, 0.1) is 11.8 Å². The first-order valence-electron chi connectivity index (χ1n) is 9.55. The number of allylic oxidation sites excluding steroid dienone is 2. The molecule has 2 heterocycles. The first-order chi connectivity index (χ1) is 13.0. The summed E-state index contributed by atoms with van der Waals surface area (Å²) in [5.41, 5.74) is 2.68. The lowest BCUT2D eigenvalue weighted by Crippen LogP contribution is -2.66. The molecule has 0 spiro atoms. The summed E-state index contributed by atoms with van der Waals surface area (Å²) in [6, 6.07) is 9.65. The van der Waals surface area contributed by atoms with Gasteiger partial charge in [-0.25, -0.2) is 4.79 Å². The zero-order chi connectivity index (χ0) is 19.0. The zero-order valence-electron chi connectivity index (χ0n) is 15.8. The lowest BCUT2D eigenvalue weighted by molar-refractivity contribution is -0.170. The molecule has 27 heavy (non-hydrogen) atoms. The Morgan fingerprint density at radius 1 is 1.37 bits per heavy atom. The number of likely N-dealkylation sites (tertiary alicyclic amines) is 1. The van der Waals surface area contributed by atoms with Crippen molar-refractivity contribution in [2.45, 2.75) is 38.8 Å². The van der Waals surface area contributed by atoms with E-state index in [1.165, 1.54) is 5.57 Å². The lowest BCUT2D eigenvalue weighted by Gasteiger charge is -2.56. The normalized spacial score (nSPS) is 31.0. The van der Waals surface area contributed by atoms with Gasteiger partial charge in [-0.15, -0.1) is 0 Å². The van der Waals surface area contributed by atoms with Crippen LogP contribution in [0.4, 0.5) is 4.79 Å². The zero-order valence-corrected chi connectivity index (χ0v) is 15.8. The predicted octanol–water partition coefficient (Wildman–Crippen LogP) is 3.85. The van der Waals surface area contributed by atoms with Gasteiger partial charge in [-0.1, -0.05) is 42.5 Å². The minimum atomic E-state index is -0.578. The van der Waals surface area contributed by atoms with Gasteiger partial charge < -0.3 is 9.47 Å². The first-order valence-corrected chi connectivity index (χ1v) is 9.55. The summed E-state index contributed by atoms with van der Waals surface area (Å²) in [5.74, 6) is -0.363.